The van der Waals surface area contributed by atoms with E-state index in [0.29, 0.717) is 24.8 Å². The molecule has 1 fully saturated rings. The van der Waals surface area contributed by atoms with Gasteiger partial charge in [-0.15, -0.1) is 0 Å². The van der Waals surface area contributed by atoms with Crippen molar-refractivity contribution < 1.29 is 9.53 Å². The van der Waals surface area contributed by atoms with Gasteiger partial charge < -0.3 is 9.64 Å². The van der Waals surface area contributed by atoms with E-state index in [0.717, 1.165) is 16.8 Å². The first kappa shape index (κ1) is 16.1. The van der Waals surface area contributed by atoms with Crippen LogP contribution >= 0.6 is 0 Å². The van der Waals surface area contributed by atoms with Crippen LogP contribution in [0.15, 0.2) is 23.0 Å². The molecule has 1 saturated heterocycles. The van der Waals surface area contributed by atoms with Gasteiger partial charge in [-0.3, -0.25) is 9.59 Å². The summed E-state index contributed by atoms with van der Waals surface area (Å²) in [5.74, 6) is 0.983. The van der Waals surface area contributed by atoms with Crippen LogP contribution in [0.2, 0.25) is 0 Å². The van der Waals surface area contributed by atoms with Gasteiger partial charge in [0.25, 0.3) is 11.5 Å². The van der Waals surface area contributed by atoms with Gasteiger partial charge in [0.2, 0.25) is 5.88 Å². The molecule has 0 radical (unpaired) electrons. The third-order valence-corrected chi connectivity index (χ3v) is 3.84. The van der Waals surface area contributed by atoms with Crippen LogP contribution in [-0.4, -0.2) is 49.7 Å². The Morgan fingerprint density at radius 1 is 1.29 bits per heavy atom. The Labute approximate surface area is 139 Å². The first-order valence-electron chi connectivity index (χ1n) is 7.75. The van der Waals surface area contributed by atoms with Gasteiger partial charge in [-0.25, -0.2) is 9.67 Å². The molecule has 8 heteroatoms. The van der Waals surface area contributed by atoms with Crippen LogP contribution in [0.4, 0.5) is 0 Å². The molecule has 2 aromatic rings. The van der Waals surface area contributed by atoms with E-state index in [2.05, 4.69) is 15.1 Å². The first-order valence-corrected chi connectivity index (χ1v) is 7.75. The van der Waals surface area contributed by atoms with E-state index >= 15 is 0 Å². The molecule has 8 nitrogen and oxygen atoms in total. The predicted octanol–water partition coefficient (Wildman–Crippen LogP) is 0.481. The molecule has 126 valence electrons. The van der Waals surface area contributed by atoms with Crippen LogP contribution in [0.25, 0.3) is 0 Å². The smallest absolute Gasteiger partial charge is 0.274 e. The summed E-state index contributed by atoms with van der Waals surface area (Å²) in [5, 5.41) is 4.00. The number of aryl methyl sites for hydroxylation is 3. The zero-order chi connectivity index (χ0) is 17.3. The average molecular weight is 329 g/mol. The van der Waals surface area contributed by atoms with Crippen molar-refractivity contribution in [2.75, 3.05) is 13.1 Å². The summed E-state index contributed by atoms with van der Waals surface area (Å²) in [6, 6.07) is 4.58. The lowest BCUT2D eigenvalue weighted by Crippen LogP contribution is -2.33. The predicted molar refractivity (Wildman–Crippen MR) is 85.9 cm³/mol. The van der Waals surface area contributed by atoms with Gasteiger partial charge in [-0.1, -0.05) is 0 Å². The standard InChI is InChI=1S/C16H19N5O3/c1-10-8-14(18-11(2)17-10)24-12-6-7-21(9-12)16(23)13-4-5-15(22)20(3)19-13/h4-5,8,12H,6-7,9H2,1-3H3. The molecular weight excluding hydrogens is 310 g/mol. The van der Waals surface area contributed by atoms with Crippen LogP contribution in [0.1, 0.15) is 28.4 Å². The molecule has 1 aliphatic heterocycles. The summed E-state index contributed by atoms with van der Waals surface area (Å²) in [6.45, 7) is 4.75. The maximum atomic E-state index is 12.5. The quantitative estimate of drug-likeness (QED) is 0.813. The number of aromatic nitrogens is 4. The van der Waals surface area contributed by atoms with E-state index in [1.54, 1.807) is 11.0 Å². The molecule has 24 heavy (non-hydrogen) atoms. The minimum atomic E-state index is -0.247. The number of likely N-dealkylation sites (tertiary alicyclic amines) is 1. The van der Waals surface area contributed by atoms with Gasteiger partial charge in [-0.05, 0) is 19.9 Å². The SMILES string of the molecule is Cc1cc(OC2CCN(C(=O)c3ccc(=O)n(C)n3)C2)nc(C)n1. The van der Waals surface area contributed by atoms with Gasteiger partial charge in [-0.2, -0.15) is 10.1 Å². The zero-order valence-corrected chi connectivity index (χ0v) is 13.9. The van der Waals surface area contributed by atoms with E-state index in [1.165, 1.54) is 19.2 Å². The minimum absolute atomic E-state index is 0.116. The number of nitrogens with zero attached hydrogens (tertiary/aromatic N) is 5. The molecule has 3 heterocycles. The van der Waals surface area contributed by atoms with Crippen molar-refractivity contribution in [1.29, 1.82) is 0 Å². The number of hydrogen-bond acceptors (Lipinski definition) is 6. The summed E-state index contributed by atoms with van der Waals surface area (Å²) < 4.78 is 7.03. The van der Waals surface area contributed by atoms with Crippen molar-refractivity contribution >= 4 is 5.91 Å². The second-order valence-corrected chi connectivity index (χ2v) is 5.85. The van der Waals surface area contributed by atoms with Crippen LogP contribution in [-0.2, 0) is 7.05 Å². The second-order valence-electron chi connectivity index (χ2n) is 5.85. The van der Waals surface area contributed by atoms with Crippen LogP contribution < -0.4 is 10.3 Å². The van der Waals surface area contributed by atoms with E-state index in [4.69, 9.17) is 4.74 Å². The molecule has 0 bridgehead atoms. The van der Waals surface area contributed by atoms with Crippen molar-refractivity contribution in [3.8, 4) is 5.88 Å². The molecule has 1 atom stereocenters. The highest BCUT2D eigenvalue weighted by Gasteiger charge is 2.29. The highest BCUT2D eigenvalue weighted by molar-refractivity contribution is 5.92. The molecule has 1 unspecified atom stereocenters. The molecular formula is C16H19N5O3. The largest absolute Gasteiger partial charge is 0.472 e. The molecule has 0 aliphatic carbocycles. The summed E-state index contributed by atoms with van der Waals surface area (Å²) >= 11 is 0. The lowest BCUT2D eigenvalue weighted by atomic mass is 10.3. The third kappa shape index (κ3) is 3.42. The maximum Gasteiger partial charge on any atom is 0.274 e. The maximum absolute atomic E-state index is 12.5. The van der Waals surface area contributed by atoms with E-state index in [9.17, 15) is 9.59 Å². The Morgan fingerprint density at radius 3 is 2.79 bits per heavy atom. The number of hydrogen-bond donors (Lipinski definition) is 0. The van der Waals surface area contributed by atoms with Gasteiger partial charge in [0.15, 0.2) is 0 Å². The molecule has 3 rings (SSSR count). The second kappa shape index (κ2) is 6.38. The molecule has 0 N–H and O–H groups in total. The number of ether oxygens (including phenoxy) is 1. The van der Waals surface area contributed by atoms with Gasteiger partial charge in [0.05, 0.1) is 6.54 Å². The Bertz CT molecular complexity index is 812. The summed E-state index contributed by atoms with van der Waals surface area (Å²) in [4.78, 5) is 34.0. The Kier molecular flexibility index (Phi) is 4.28. The first-order chi connectivity index (χ1) is 11.4. The minimum Gasteiger partial charge on any atom is -0.472 e. The van der Waals surface area contributed by atoms with Gasteiger partial charge in [0, 0.05) is 37.8 Å². The number of carbonyl (C=O) groups is 1. The lowest BCUT2D eigenvalue weighted by molar-refractivity contribution is 0.0762. The van der Waals surface area contributed by atoms with Gasteiger partial charge in [0.1, 0.15) is 17.6 Å². The van der Waals surface area contributed by atoms with Crippen molar-refractivity contribution in [3.05, 3.63) is 45.8 Å². The summed E-state index contributed by atoms with van der Waals surface area (Å²) in [5.41, 5.74) is 0.855. The van der Waals surface area contributed by atoms with Crippen molar-refractivity contribution in [2.24, 2.45) is 7.05 Å². The Morgan fingerprint density at radius 2 is 2.08 bits per heavy atom. The normalized spacial score (nSPS) is 17.1. The van der Waals surface area contributed by atoms with E-state index in [-0.39, 0.29) is 23.3 Å². The molecule has 0 saturated carbocycles. The van der Waals surface area contributed by atoms with Crippen LogP contribution in [0.5, 0.6) is 5.88 Å². The van der Waals surface area contributed by atoms with Crippen LogP contribution in [0.3, 0.4) is 0 Å². The molecule has 0 spiro atoms. The van der Waals surface area contributed by atoms with Crippen molar-refractivity contribution in [2.45, 2.75) is 26.4 Å². The lowest BCUT2D eigenvalue weighted by Gasteiger charge is -2.17. The molecule has 1 aliphatic rings. The topological polar surface area (TPSA) is 90.2 Å². The summed E-state index contributed by atoms with van der Waals surface area (Å²) in [7, 11) is 1.52. The highest BCUT2D eigenvalue weighted by Crippen LogP contribution is 2.18. The van der Waals surface area contributed by atoms with E-state index < -0.39 is 0 Å². The zero-order valence-electron chi connectivity index (χ0n) is 13.9. The molecule has 0 aromatic carbocycles. The number of rotatable bonds is 3. The Hall–Kier alpha value is -2.77. The number of amides is 1. The number of carbonyl (C=O) groups excluding carboxylic acids is 1. The van der Waals surface area contributed by atoms with Crippen molar-refractivity contribution in [3.63, 3.8) is 0 Å². The Balaban J connectivity index is 1.67. The molecule has 1 amide bonds. The van der Waals surface area contributed by atoms with E-state index in [1.807, 2.05) is 13.8 Å². The monoisotopic (exact) mass is 329 g/mol. The fourth-order valence-electron chi connectivity index (χ4n) is 2.70. The van der Waals surface area contributed by atoms with Crippen molar-refractivity contribution in [1.82, 2.24) is 24.6 Å². The highest BCUT2D eigenvalue weighted by atomic mass is 16.5. The van der Waals surface area contributed by atoms with Gasteiger partial charge >= 0.3 is 0 Å². The fraction of sp³-hybridized carbons (Fsp3) is 0.438. The fourth-order valence-corrected chi connectivity index (χ4v) is 2.70. The molecule has 2 aromatic heterocycles. The third-order valence-electron chi connectivity index (χ3n) is 3.84. The summed E-state index contributed by atoms with van der Waals surface area (Å²) in [6.07, 6.45) is 0.606. The average Bonchev–Trinajstić information content (AvgIpc) is 2.96. The van der Waals surface area contributed by atoms with Crippen LogP contribution in [0, 0.1) is 13.8 Å².